The summed E-state index contributed by atoms with van der Waals surface area (Å²) in [5.41, 5.74) is 5.84. The van der Waals surface area contributed by atoms with Crippen LogP contribution in [0.4, 0.5) is 0 Å². The third-order valence-electron chi connectivity index (χ3n) is 3.53. The van der Waals surface area contributed by atoms with E-state index in [-0.39, 0.29) is 11.9 Å². The molecule has 1 amide bonds. The second-order valence-electron chi connectivity index (χ2n) is 5.30. The van der Waals surface area contributed by atoms with Gasteiger partial charge in [0.05, 0.1) is 0 Å². The fraction of sp³-hybridized carbons (Fsp3) is 0.923. The monoisotopic (exact) mass is 241 g/mol. The lowest BCUT2D eigenvalue weighted by molar-refractivity contribution is -0.121. The van der Waals surface area contributed by atoms with Gasteiger partial charge in [-0.2, -0.15) is 0 Å². The minimum atomic E-state index is 0.0255. The highest BCUT2D eigenvalue weighted by molar-refractivity contribution is 5.76. The molecule has 17 heavy (non-hydrogen) atoms. The van der Waals surface area contributed by atoms with Gasteiger partial charge in [0.25, 0.3) is 0 Å². The lowest BCUT2D eigenvalue weighted by atomic mass is 9.97. The molecule has 0 aliphatic carbocycles. The van der Waals surface area contributed by atoms with Gasteiger partial charge >= 0.3 is 0 Å². The minimum Gasteiger partial charge on any atom is -0.356 e. The van der Waals surface area contributed by atoms with Gasteiger partial charge in [-0.25, -0.2) is 0 Å². The molecule has 1 saturated heterocycles. The first-order chi connectivity index (χ1) is 8.11. The average Bonchev–Trinajstić information content (AvgIpc) is 2.28. The minimum absolute atomic E-state index is 0.0255. The maximum atomic E-state index is 11.6. The molecule has 3 N–H and O–H groups in total. The number of carbonyl (C=O) groups is 1. The number of rotatable bonds is 6. The first-order valence-corrected chi connectivity index (χ1v) is 6.82. The number of piperidine rings is 1. The van der Waals surface area contributed by atoms with E-state index in [1.165, 1.54) is 12.8 Å². The van der Waals surface area contributed by atoms with E-state index in [9.17, 15) is 4.79 Å². The maximum absolute atomic E-state index is 11.6. The van der Waals surface area contributed by atoms with E-state index in [1.807, 2.05) is 0 Å². The number of hydrogen-bond acceptors (Lipinski definition) is 3. The lowest BCUT2D eigenvalue weighted by Crippen LogP contribution is -2.38. The number of likely N-dealkylation sites (tertiary alicyclic amines) is 1. The van der Waals surface area contributed by atoms with Gasteiger partial charge in [0.15, 0.2) is 0 Å². The van der Waals surface area contributed by atoms with E-state index in [0.717, 1.165) is 32.5 Å². The molecule has 1 fully saturated rings. The summed E-state index contributed by atoms with van der Waals surface area (Å²) in [7, 11) is 2.15. The molecule has 1 unspecified atom stereocenters. The highest BCUT2D eigenvalue weighted by atomic mass is 16.1. The summed E-state index contributed by atoms with van der Waals surface area (Å²) in [6.45, 7) is 5.22. The highest BCUT2D eigenvalue weighted by Gasteiger charge is 2.17. The number of carbonyl (C=O) groups excluding carboxylic acids is 1. The highest BCUT2D eigenvalue weighted by Crippen LogP contribution is 2.14. The van der Waals surface area contributed by atoms with Crippen LogP contribution in [-0.2, 0) is 4.79 Å². The molecule has 1 atom stereocenters. The molecule has 1 heterocycles. The first-order valence-electron chi connectivity index (χ1n) is 6.82. The van der Waals surface area contributed by atoms with Crippen LogP contribution >= 0.6 is 0 Å². The number of nitrogens with zero attached hydrogens (tertiary/aromatic N) is 1. The zero-order chi connectivity index (χ0) is 12.7. The Bertz CT molecular complexity index is 225. The molecule has 0 aromatic heterocycles. The van der Waals surface area contributed by atoms with Crippen LogP contribution in [0, 0.1) is 5.92 Å². The van der Waals surface area contributed by atoms with Crippen molar-refractivity contribution in [2.24, 2.45) is 11.7 Å². The van der Waals surface area contributed by atoms with Gasteiger partial charge in [0.1, 0.15) is 0 Å². The van der Waals surface area contributed by atoms with Crippen LogP contribution < -0.4 is 11.1 Å². The molecule has 1 rings (SSSR count). The van der Waals surface area contributed by atoms with Gasteiger partial charge in [-0.15, -0.1) is 0 Å². The van der Waals surface area contributed by atoms with Crippen LogP contribution in [0.1, 0.15) is 39.0 Å². The smallest absolute Gasteiger partial charge is 0.221 e. The normalized spacial score (nSPS) is 20.2. The molecule has 100 valence electrons. The van der Waals surface area contributed by atoms with Crippen LogP contribution in [-0.4, -0.2) is 43.5 Å². The zero-order valence-corrected chi connectivity index (χ0v) is 11.2. The van der Waals surface area contributed by atoms with E-state index >= 15 is 0 Å². The van der Waals surface area contributed by atoms with Crippen molar-refractivity contribution in [1.29, 1.82) is 0 Å². The Morgan fingerprint density at radius 3 is 2.71 bits per heavy atom. The number of amides is 1. The van der Waals surface area contributed by atoms with Gasteiger partial charge < -0.3 is 16.0 Å². The molecule has 4 nitrogen and oxygen atoms in total. The van der Waals surface area contributed by atoms with Gasteiger partial charge in [-0.05, 0) is 45.3 Å². The summed E-state index contributed by atoms with van der Waals surface area (Å²) in [5.74, 6) is 0.766. The van der Waals surface area contributed by atoms with E-state index in [0.29, 0.717) is 12.3 Å². The summed E-state index contributed by atoms with van der Waals surface area (Å²) in [6.07, 6.45) is 4.83. The van der Waals surface area contributed by atoms with Crippen LogP contribution in [0.2, 0.25) is 0 Å². The number of nitrogens with two attached hydrogens (primary N) is 1. The van der Waals surface area contributed by atoms with Crippen molar-refractivity contribution in [3.8, 4) is 0 Å². The third-order valence-corrected chi connectivity index (χ3v) is 3.53. The van der Waals surface area contributed by atoms with Crippen molar-refractivity contribution in [1.82, 2.24) is 10.2 Å². The number of hydrogen-bond donors (Lipinski definition) is 2. The SMILES string of the molecule is CCCC(N)CC(=O)NCC1CCN(C)CC1. The fourth-order valence-corrected chi connectivity index (χ4v) is 2.31. The largest absolute Gasteiger partial charge is 0.356 e. The second kappa shape index (κ2) is 7.67. The molecule has 0 aromatic rings. The molecule has 0 saturated carbocycles. The third kappa shape index (κ3) is 6.03. The Labute approximate surface area is 105 Å². The first kappa shape index (κ1) is 14.5. The van der Waals surface area contributed by atoms with Crippen LogP contribution in [0.15, 0.2) is 0 Å². The van der Waals surface area contributed by atoms with Crippen molar-refractivity contribution in [2.75, 3.05) is 26.7 Å². The summed E-state index contributed by atoms with van der Waals surface area (Å²) in [5, 5.41) is 3.02. The molecular weight excluding hydrogens is 214 g/mol. The molecule has 0 radical (unpaired) electrons. The topological polar surface area (TPSA) is 58.4 Å². The van der Waals surface area contributed by atoms with Crippen LogP contribution in [0.3, 0.4) is 0 Å². The second-order valence-corrected chi connectivity index (χ2v) is 5.30. The quantitative estimate of drug-likeness (QED) is 0.728. The predicted molar refractivity (Wildman–Crippen MR) is 70.7 cm³/mol. The lowest BCUT2D eigenvalue weighted by Gasteiger charge is -2.29. The Balaban J connectivity index is 2.11. The van der Waals surface area contributed by atoms with Gasteiger partial charge in [0.2, 0.25) is 5.91 Å². The molecule has 0 spiro atoms. The maximum Gasteiger partial charge on any atom is 0.221 e. The fourth-order valence-electron chi connectivity index (χ4n) is 2.31. The standard InChI is InChI=1S/C13H27N3O/c1-3-4-12(14)9-13(17)15-10-11-5-7-16(2)8-6-11/h11-12H,3-10,14H2,1-2H3,(H,15,17). The summed E-state index contributed by atoms with van der Waals surface area (Å²) >= 11 is 0. The van der Waals surface area contributed by atoms with Crippen molar-refractivity contribution in [3.63, 3.8) is 0 Å². The summed E-state index contributed by atoms with van der Waals surface area (Å²) in [4.78, 5) is 14.0. The Morgan fingerprint density at radius 1 is 1.47 bits per heavy atom. The molecule has 0 bridgehead atoms. The predicted octanol–water partition coefficient (Wildman–Crippen LogP) is 0.962. The van der Waals surface area contributed by atoms with Crippen molar-refractivity contribution in [2.45, 2.75) is 45.1 Å². The van der Waals surface area contributed by atoms with Gasteiger partial charge in [-0.1, -0.05) is 13.3 Å². The molecular formula is C13H27N3O. The van der Waals surface area contributed by atoms with E-state index in [1.54, 1.807) is 0 Å². The van der Waals surface area contributed by atoms with E-state index < -0.39 is 0 Å². The molecule has 1 aliphatic heterocycles. The van der Waals surface area contributed by atoms with E-state index in [4.69, 9.17) is 5.73 Å². The molecule has 0 aromatic carbocycles. The average molecular weight is 241 g/mol. The van der Waals surface area contributed by atoms with Crippen LogP contribution in [0.5, 0.6) is 0 Å². The van der Waals surface area contributed by atoms with Crippen molar-refractivity contribution < 1.29 is 4.79 Å². The van der Waals surface area contributed by atoms with Gasteiger partial charge in [-0.3, -0.25) is 4.79 Å². The van der Waals surface area contributed by atoms with Crippen molar-refractivity contribution >= 4 is 5.91 Å². The number of nitrogens with one attached hydrogen (secondary N) is 1. The van der Waals surface area contributed by atoms with Gasteiger partial charge in [0, 0.05) is 19.0 Å². The summed E-state index contributed by atoms with van der Waals surface area (Å²) in [6, 6.07) is 0.0255. The van der Waals surface area contributed by atoms with Crippen LogP contribution in [0.25, 0.3) is 0 Å². The zero-order valence-electron chi connectivity index (χ0n) is 11.2. The molecule has 1 aliphatic rings. The Kier molecular flexibility index (Phi) is 6.52. The Hall–Kier alpha value is -0.610. The van der Waals surface area contributed by atoms with E-state index in [2.05, 4.69) is 24.2 Å². The molecule has 4 heteroatoms. The van der Waals surface area contributed by atoms with Crippen molar-refractivity contribution in [3.05, 3.63) is 0 Å². The Morgan fingerprint density at radius 2 is 2.12 bits per heavy atom. The summed E-state index contributed by atoms with van der Waals surface area (Å²) < 4.78 is 0.